The molecule has 2 aromatic carbocycles. The van der Waals surface area contributed by atoms with Crippen molar-refractivity contribution in [1.82, 2.24) is 19.9 Å². The molecule has 3 saturated carbocycles. The predicted molar refractivity (Wildman–Crippen MR) is 188 cm³/mol. The monoisotopic (exact) mass is 695 g/mol. The molecule has 264 valence electrons. The highest BCUT2D eigenvalue weighted by molar-refractivity contribution is 6.02. The molecular formula is C41H41F4N5O. The maximum Gasteiger partial charge on any atom is 0.319 e. The highest BCUT2D eigenvalue weighted by Crippen LogP contribution is 2.66. The number of aromatic nitrogens is 3. The van der Waals surface area contributed by atoms with Crippen LogP contribution >= 0.6 is 0 Å². The van der Waals surface area contributed by atoms with Gasteiger partial charge in [-0.1, -0.05) is 37.1 Å². The third kappa shape index (κ3) is 4.89. The molecule has 51 heavy (non-hydrogen) atoms. The lowest BCUT2D eigenvalue weighted by Gasteiger charge is -2.43. The van der Waals surface area contributed by atoms with Crippen molar-refractivity contribution in [2.45, 2.75) is 76.7 Å². The summed E-state index contributed by atoms with van der Waals surface area (Å²) < 4.78 is 66.8. The lowest BCUT2D eigenvalue weighted by Crippen LogP contribution is -2.49. The number of hydrogen-bond acceptors (Lipinski definition) is 6. The van der Waals surface area contributed by atoms with Crippen LogP contribution in [0, 0.1) is 52.6 Å². The Hall–Kier alpha value is -3.97. The van der Waals surface area contributed by atoms with Gasteiger partial charge >= 0.3 is 6.01 Å². The molecule has 3 aliphatic carbocycles. The number of alkyl halides is 2. The van der Waals surface area contributed by atoms with E-state index in [4.69, 9.17) is 26.1 Å². The first-order valence-corrected chi connectivity index (χ1v) is 18.7. The number of benzene rings is 2. The van der Waals surface area contributed by atoms with Gasteiger partial charge in [-0.15, -0.1) is 6.42 Å². The minimum Gasteiger partial charge on any atom is -0.463 e. The Morgan fingerprint density at radius 2 is 1.80 bits per heavy atom. The maximum atomic E-state index is 17.2. The summed E-state index contributed by atoms with van der Waals surface area (Å²) in [6, 6.07) is 8.77. The molecule has 5 fully saturated rings. The minimum absolute atomic E-state index is 0.0276. The van der Waals surface area contributed by atoms with Crippen LogP contribution in [0.4, 0.5) is 23.4 Å². The number of likely N-dealkylation sites (tertiary alicyclic amines) is 1. The Balaban J connectivity index is 1.05. The third-order valence-electron chi connectivity index (χ3n) is 13.5. The minimum atomic E-state index is -2.51. The summed E-state index contributed by atoms with van der Waals surface area (Å²) in [7, 11) is 0. The molecule has 1 spiro atoms. The van der Waals surface area contributed by atoms with Crippen LogP contribution in [-0.4, -0.2) is 64.6 Å². The van der Waals surface area contributed by atoms with Crippen molar-refractivity contribution in [3.63, 3.8) is 0 Å². The van der Waals surface area contributed by atoms with Crippen LogP contribution in [0.1, 0.15) is 69.5 Å². The highest BCUT2D eigenvalue weighted by Gasteiger charge is 2.70. The Labute approximate surface area is 295 Å². The van der Waals surface area contributed by atoms with Crippen molar-refractivity contribution in [2.75, 3.05) is 37.7 Å². The van der Waals surface area contributed by atoms with Crippen LogP contribution in [0.15, 0.2) is 30.3 Å². The third-order valence-corrected chi connectivity index (χ3v) is 13.5. The first kappa shape index (κ1) is 31.7. The van der Waals surface area contributed by atoms with Gasteiger partial charge in [0.25, 0.3) is 5.92 Å². The molecule has 4 atom stereocenters. The number of nitrogens with zero attached hydrogens (tertiary/aromatic N) is 5. The van der Waals surface area contributed by atoms with Crippen LogP contribution in [0.5, 0.6) is 6.01 Å². The van der Waals surface area contributed by atoms with Gasteiger partial charge in [0.05, 0.1) is 23.3 Å². The Morgan fingerprint density at radius 1 is 1.00 bits per heavy atom. The first-order valence-electron chi connectivity index (χ1n) is 18.7. The molecule has 6 nitrogen and oxygen atoms in total. The summed E-state index contributed by atoms with van der Waals surface area (Å²) in [6.45, 7) is 5.62. The van der Waals surface area contributed by atoms with E-state index < -0.39 is 23.0 Å². The van der Waals surface area contributed by atoms with Crippen molar-refractivity contribution in [2.24, 2.45) is 28.6 Å². The molecule has 0 unspecified atom stereocenters. The van der Waals surface area contributed by atoms with Crippen molar-refractivity contribution in [1.29, 1.82) is 0 Å². The molecule has 10 rings (SSSR count). The molecule has 2 bridgehead atoms. The summed E-state index contributed by atoms with van der Waals surface area (Å²) in [5.41, 5.74) is 0.614. The summed E-state index contributed by atoms with van der Waals surface area (Å²) in [4.78, 5) is 19.6. The SMILES string of the molecule is C#Cc1c(F)ccc2cccc(-c3nc4c5c(nc(OCC6(CN7CCC8(CC7)CC8(F)F)CC6)nc5c3F)N3C[C@H]5CC[C@H](C5)[C@@H]3[C@@H](C)C4)c12. The number of hydrogen-bond donors (Lipinski definition) is 0. The van der Waals surface area contributed by atoms with Gasteiger partial charge in [-0.3, -0.25) is 0 Å². The van der Waals surface area contributed by atoms with Crippen LogP contribution < -0.4 is 9.64 Å². The second-order valence-electron chi connectivity index (χ2n) is 16.7. The molecule has 2 aromatic heterocycles. The Kier molecular flexibility index (Phi) is 6.86. The summed E-state index contributed by atoms with van der Waals surface area (Å²) in [5, 5.41) is 1.78. The normalized spacial score (nSPS) is 28.0. The summed E-state index contributed by atoms with van der Waals surface area (Å²) in [6.07, 6.45) is 13.1. The van der Waals surface area contributed by atoms with Crippen molar-refractivity contribution in [3.8, 4) is 29.6 Å². The summed E-state index contributed by atoms with van der Waals surface area (Å²) in [5.74, 6) is 0.864. The standard InChI is InChI=1S/C41H41F4N5O/c1-3-27-29(42)10-9-25-5-4-6-28(31(25)27)34-33(43)35-32-30(46-34)17-23(2)36-26-8-7-24(18-26)19-50(36)37(32)48-38(47-35)51-22-39(11-12-39)21-49-15-13-40(14-16-49)20-41(40,44)45/h1,4-6,9-10,23-24,26,36H,7-8,11-22H2,2H3/t23-,24-,26+,36-/m0/s1. The predicted octanol–water partition coefficient (Wildman–Crippen LogP) is 8.18. The van der Waals surface area contributed by atoms with Gasteiger partial charge in [-0.25, -0.2) is 22.5 Å². The molecule has 6 aliphatic rings. The fraction of sp³-hybridized carbons (Fsp3) is 0.537. The molecule has 5 heterocycles. The van der Waals surface area contributed by atoms with Crippen LogP contribution in [0.2, 0.25) is 0 Å². The zero-order chi connectivity index (χ0) is 34.9. The number of ether oxygens (including phenoxy) is 1. The number of rotatable bonds is 6. The zero-order valence-corrected chi connectivity index (χ0v) is 28.8. The molecule has 0 amide bonds. The smallest absolute Gasteiger partial charge is 0.319 e. The first-order chi connectivity index (χ1) is 24.6. The van der Waals surface area contributed by atoms with E-state index in [1.807, 2.05) is 12.1 Å². The van der Waals surface area contributed by atoms with Gasteiger partial charge in [0, 0.05) is 47.3 Å². The van der Waals surface area contributed by atoms with Crippen LogP contribution in [0.3, 0.4) is 0 Å². The fourth-order valence-electron chi connectivity index (χ4n) is 10.4. The van der Waals surface area contributed by atoms with E-state index in [1.54, 1.807) is 12.1 Å². The van der Waals surface area contributed by atoms with Crippen molar-refractivity contribution >= 4 is 27.5 Å². The van der Waals surface area contributed by atoms with Gasteiger partial charge in [0.15, 0.2) is 5.82 Å². The molecule has 4 aromatic rings. The fourth-order valence-corrected chi connectivity index (χ4v) is 10.4. The second-order valence-corrected chi connectivity index (χ2v) is 16.7. The van der Waals surface area contributed by atoms with Crippen LogP contribution in [-0.2, 0) is 6.42 Å². The number of halogens is 4. The zero-order valence-electron chi connectivity index (χ0n) is 28.8. The van der Waals surface area contributed by atoms with Gasteiger partial charge in [-0.05, 0) is 93.7 Å². The quantitative estimate of drug-likeness (QED) is 0.150. The van der Waals surface area contributed by atoms with E-state index in [9.17, 15) is 8.78 Å². The number of anilines is 1. The lowest BCUT2D eigenvalue weighted by atomic mass is 9.82. The van der Waals surface area contributed by atoms with Gasteiger partial charge in [0.2, 0.25) is 0 Å². The number of piperidine rings is 2. The number of terminal acetylenes is 1. The van der Waals surface area contributed by atoms with Gasteiger partial charge < -0.3 is 14.5 Å². The maximum absolute atomic E-state index is 17.2. The number of pyridine rings is 1. The Bertz CT molecular complexity index is 2150. The molecule has 0 N–H and O–H groups in total. The topological polar surface area (TPSA) is 54.4 Å². The van der Waals surface area contributed by atoms with Crippen LogP contribution in [0.25, 0.3) is 32.9 Å². The van der Waals surface area contributed by atoms with E-state index >= 15 is 8.78 Å². The second kappa shape index (κ2) is 11.0. The van der Waals surface area contributed by atoms with E-state index in [0.29, 0.717) is 78.3 Å². The Morgan fingerprint density at radius 3 is 2.55 bits per heavy atom. The molecule has 2 saturated heterocycles. The average molecular weight is 696 g/mol. The van der Waals surface area contributed by atoms with E-state index in [1.165, 1.54) is 25.3 Å². The van der Waals surface area contributed by atoms with E-state index in [2.05, 4.69) is 22.6 Å². The molecule has 10 heteroatoms. The average Bonchev–Trinajstić information content (AvgIpc) is 3.97. The van der Waals surface area contributed by atoms with E-state index in [0.717, 1.165) is 31.6 Å². The van der Waals surface area contributed by atoms with Gasteiger partial charge in [-0.2, -0.15) is 9.97 Å². The molecular weight excluding hydrogens is 654 g/mol. The van der Waals surface area contributed by atoms with Crippen molar-refractivity contribution < 1.29 is 22.3 Å². The lowest BCUT2D eigenvalue weighted by molar-refractivity contribution is 0.0252. The summed E-state index contributed by atoms with van der Waals surface area (Å²) >= 11 is 0. The number of fused-ring (bicyclic) bond motifs is 6. The van der Waals surface area contributed by atoms with E-state index in [-0.39, 0.29) is 46.6 Å². The molecule has 0 radical (unpaired) electrons. The molecule has 3 aliphatic heterocycles. The highest BCUT2D eigenvalue weighted by atomic mass is 19.3. The van der Waals surface area contributed by atoms with Gasteiger partial charge in [0.1, 0.15) is 22.8 Å². The van der Waals surface area contributed by atoms with Crippen molar-refractivity contribution in [3.05, 3.63) is 53.2 Å². The largest absolute Gasteiger partial charge is 0.463 e.